The highest BCUT2D eigenvalue weighted by Crippen LogP contribution is 2.30. The molecule has 2 aromatic rings. The molecule has 0 aliphatic carbocycles. The van der Waals surface area contributed by atoms with E-state index in [2.05, 4.69) is 44.0 Å². The van der Waals surface area contributed by atoms with Gasteiger partial charge >= 0.3 is 0 Å². The topological polar surface area (TPSA) is 29.3 Å². The highest BCUT2D eigenvalue weighted by molar-refractivity contribution is 6.30. The number of hydrogen-bond acceptors (Lipinski definition) is 2. The Morgan fingerprint density at radius 1 is 1.05 bits per heavy atom. The molecule has 2 nitrogen and oxygen atoms in total. The maximum atomic E-state index is 6.02. The lowest BCUT2D eigenvalue weighted by Crippen LogP contribution is -2.13. The number of aryl methyl sites for hydroxylation is 2. The van der Waals surface area contributed by atoms with Crippen LogP contribution in [-0.2, 0) is 6.54 Å². The zero-order chi connectivity index (χ0) is 14.0. The maximum Gasteiger partial charge on any atom is 0.0454 e. The second-order valence-corrected chi connectivity index (χ2v) is 5.32. The molecule has 0 heterocycles. The van der Waals surface area contributed by atoms with Gasteiger partial charge in [0.25, 0.3) is 0 Å². The largest absolute Gasteiger partial charge is 0.344 e. The second-order valence-electron chi connectivity index (χ2n) is 4.88. The van der Waals surface area contributed by atoms with Gasteiger partial charge in [0.1, 0.15) is 0 Å². The van der Waals surface area contributed by atoms with Crippen molar-refractivity contribution in [3.8, 4) is 0 Å². The van der Waals surface area contributed by atoms with Gasteiger partial charge in [0.15, 0.2) is 0 Å². The van der Waals surface area contributed by atoms with Crippen molar-refractivity contribution in [1.82, 2.24) is 0 Å². The summed E-state index contributed by atoms with van der Waals surface area (Å²) in [5.74, 6) is 0. The van der Waals surface area contributed by atoms with Crippen molar-refractivity contribution >= 4 is 23.0 Å². The van der Waals surface area contributed by atoms with E-state index >= 15 is 0 Å². The fourth-order valence-corrected chi connectivity index (χ4v) is 2.52. The Kier molecular flexibility index (Phi) is 4.13. The van der Waals surface area contributed by atoms with E-state index in [-0.39, 0.29) is 0 Å². The monoisotopic (exact) mass is 274 g/mol. The van der Waals surface area contributed by atoms with Crippen LogP contribution in [0.1, 0.15) is 16.7 Å². The third-order valence-corrected chi connectivity index (χ3v) is 3.45. The lowest BCUT2D eigenvalue weighted by atomic mass is 10.1. The highest BCUT2D eigenvalue weighted by atomic mass is 35.5. The van der Waals surface area contributed by atoms with Crippen LogP contribution in [0.15, 0.2) is 36.4 Å². The van der Waals surface area contributed by atoms with Crippen LogP contribution in [0.2, 0.25) is 5.02 Å². The summed E-state index contributed by atoms with van der Waals surface area (Å²) in [7, 11) is 2.05. The van der Waals surface area contributed by atoms with Crippen LogP contribution in [0.25, 0.3) is 0 Å². The molecule has 2 aromatic carbocycles. The summed E-state index contributed by atoms with van der Waals surface area (Å²) in [6.45, 7) is 4.69. The lowest BCUT2D eigenvalue weighted by Gasteiger charge is -2.23. The number of hydrogen-bond donors (Lipinski definition) is 1. The first-order valence-corrected chi connectivity index (χ1v) is 6.69. The molecule has 0 saturated carbocycles. The van der Waals surface area contributed by atoms with Crippen LogP contribution in [0.5, 0.6) is 0 Å². The summed E-state index contributed by atoms with van der Waals surface area (Å²) >= 11 is 6.02. The molecule has 19 heavy (non-hydrogen) atoms. The van der Waals surface area contributed by atoms with Gasteiger partial charge in [-0.15, -0.1) is 0 Å². The Bertz CT molecular complexity index is 573. The van der Waals surface area contributed by atoms with Gasteiger partial charge in [-0.25, -0.2) is 0 Å². The van der Waals surface area contributed by atoms with E-state index in [0.717, 1.165) is 22.0 Å². The third kappa shape index (κ3) is 3.09. The maximum absolute atomic E-state index is 6.02. The molecule has 2 N–H and O–H groups in total. The number of anilines is 2. The van der Waals surface area contributed by atoms with Gasteiger partial charge in [0.2, 0.25) is 0 Å². The summed E-state index contributed by atoms with van der Waals surface area (Å²) in [6.07, 6.45) is 0. The minimum absolute atomic E-state index is 0.477. The van der Waals surface area contributed by atoms with Gasteiger partial charge in [-0.3, -0.25) is 0 Å². The van der Waals surface area contributed by atoms with Gasteiger partial charge in [0, 0.05) is 30.0 Å². The molecule has 2 rings (SSSR count). The van der Waals surface area contributed by atoms with E-state index < -0.39 is 0 Å². The Balaban J connectivity index is 2.46. The Hall–Kier alpha value is -1.51. The number of nitrogens with two attached hydrogens (primary N) is 1. The zero-order valence-electron chi connectivity index (χ0n) is 11.6. The lowest BCUT2D eigenvalue weighted by molar-refractivity contribution is 1.05. The van der Waals surface area contributed by atoms with E-state index in [1.165, 1.54) is 11.1 Å². The van der Waals surface area contributed by atoms with E-state index in [9.17, 15) is 0 Å². The predicted molar refractivity (Wildman–Crippen MR) is 83.3 cm³/mol. The van der Waals surface area contributed by atoms with E-state index in [0.29, 0.717) is 6.54 Å². The van der Waals surface area contributed by atoms with E-state index in [1.54, 1.807) is 0 Å². The number of nitrogens with zero attached hydrogens (tertiary/aromatic N) is 1. The van der Waals surface area contributed by atoms with Crippen molar-refractivity contribution in [1.29, 1.82) is 0 Å². The minimum atomic E-state index is 0.477. The molecule has 0 unspecified atom stereocenters. The van der Waals surface area contributed by atoms with Crippen molar-refractivity contribution < 1.29 is 0 Å². The molecule has 0 aromatic heterocycles. The normalized spacial score (nSPS) is 10.6. The Morgan fingerprint density at radius 3 is 2.26 bits per heavy atom. The van der Waals surface area contributed by atoms with Crippen LogP contribution < -0.4 is 10.6 Å². The first-order chi connectivity index (χ1) is 9.01. The summed E-state index contributed by atoms with van der Waals surface area (Å²) in [6, 6.07) is 12.3. The summed E-state index contributed by atoms with van der Waals surface area (Å²) < 4.78 is 0. The first kappa shape index (κ1) is 13.9. The van der Waals surface area contributed by atoms with Gasteiger partial charge in [0.05, 0.1) is 0 Å². The van der Waals surface area contributed by atoms with E-state index in [4.69, 9.17) is 17.3 Å². The van der Waals surface area contributed by atoms with Gasteiger partial charge in [-0.05, 0) is 60.9 Å². The quantitative estimate of drug-likeness (QED) is 0.910. The van der Waals surface area contributed by atoms with Gasteiger partial charge in [-0.1, -0.05) is 17.7 Å². The van der Waals surface area contributed by atoms with Gasteiger partial charge in [-0.2, -0.15) is 0 Å². The average molecular weight is 275 g/mol. The Labute approximate surface area is 119 Å². The molecule has 0 saturated heterocycles. The molecule has 0 radical (unpaired) electrons. The van der Waals surface area contributed by atoms with Crippen LogP contribution in [0.3, 0.4) is 0 Å². The SMILES string of the molecule is Cc1cc(C)cc(N(C)c2ccc(Cl)cc2CN)c1. The van der Waals surface area contributed by atoms with E-state index in [1.807, 2.05) is 18.2 Å². The molecule has 100 valence electrons. The molecule has 0 spiro atoms. The number of rotatable bonds is 3. The minimum Gasteiger partial charge on any atom is -0.344 e. The molecule has 0 atom stereocenters. The molecule has 0 bridgehead atoms. The molecule has 0 fully saturated rings. The Morgan fingerprint density at radius 2 is 1.68 bits per heavy atom. The zero-order valence-corrected chi connectivity index (χ0v) is 12.3. The summed E-state index contributed by atoms with van der Waals surface area (Å²) in [5.41, 5.74) is 11.6. The molecule has 0 aliphatic heterocycles. The molecular formula is C16H19ClN2. The van der Waals surface area contributed by atoms with Crippen molar-refractivity contribution in [2.24, 2.45) is 5.73 Å². The van der Waals surface area contributed by atoms with Crippen molar-refractivity contribution in [2.45, 2.75) is 20.4 Å². The van der Waals surface area contributed by atoms with Crippen molar-refractivity contribution in [2.75, 3.05) is 11.9 Å². The fourth-order valence-electron chi connectivity index (χ4n) is 2.33. The van der Waals surface area contributed by atoms with Crippen molar-refractivity contribution in [3.63, 3.8) is 0 Å². The second kappa shape index (κ2) is 5.64. The highest BCUT2D eigenvalue weighted by Gasteiger charge is 2.09. The van der Waals surface area contributed by atoms with Crippen LogP contribution in [0, 0.1) is 13.8 Å². The fraction of sp³-hybridized carbons (Fsp3) is 0.250. The number of benzene rings is 2. The molecule has 0 aliphatic rings. The van der Waals surface area contributed by atoms with Crippen LogP contribution >= 0.6 is 11.6 Å². The van der Waals surface area contributed by atoms with Crippen LogP contribution in [0.4, 0.5) is 11.4 Å². The molecule has 0 amide bonds. The molecular weight excluding hydrogens is 256 g/mol. The third-order valence-electron chi connectivity index (χ3n) is 3.22. The molecule has 3 heteroatoms. The summed E-state index contributed by atoms with van der Waals surface area (Å²) in [5, 5.41) is 0.720. The van der Waals surface area contributed by atoms with Crippen LogP contribution in [-0.4, -0.2) is 7.05 Å². The predicted octanol–water partition coefficient (Wildman–Crippen LogP) is 4.18. The van der Waals surface area contributed by atoms with Crippen molar-refractivity contribution in [3.05, 3.63) is 58.1 Å². The standard InChI is InChI=1S/C16H19ClN2/c1-11-6-12(2)8-15(7-11)19(3)16-5-4-14(17)9-13(16)10-18/h4-9H,10,18H2,1-3H3. The summed E-state index contributed by atoms with van der Waals surface area (Å²) in [4.78, 5) is 2.15. The smallest absolute Gasteiger partial charge is 0.0454 e. The average Bonchev–Trinajstić information content (AvgIpc) is 2.36. The number of halogens is 1. The first-order valence-electron chi connectivity index (χ1n) is 6.32. The van der Waals surface area contributed by atoms with Gasteiger partial charge < -0.3 is 10.6 Å².